The van der Waals surface area contributed by atoms with Crippen molar-refractivity contribution in [1.82, 2.24) is 10.2 Å². The van der Waals surface area contributed by atoms with Crippen LogP contribution in [0.15, 0.2) is 120 Å². The fourth-order valence-corrected chi connectivity index (χ4v) is 6.17. The number of aryl methyl sites for hydroxylation is 1. The van der Waals surface area contributed by atoms with Crippen molar-refractivity contribution in [2.24, 2.45) is 0 Å². The van der Waals surface area contributed by atoms with E-state index >= 15 is 0 Å². The molecule has 0 spiro atoms. The van der Waals surface area contributed by atoms with Crippen molar-refractivity contribution in [3.63, 3.8) is 0 Å². The first-order valence-electron chi connectivity index (χ1n) is 14.3. The molecule has 4 aromatic carbocycles. The zero-order valence-corrected chi connectivity index (χ0v) is 25.9. The van der Waals surface area contributed by atoms with Crippen LogP contribution in [0.5, 0.6) is 0 Å². The van der Waals surface area contributed by atoms with Crippen LogP contribution in [0, 0.1) is 6.92 Å². The zero-order valence-electron chi connectivity index (χ0n) is 25.1. The molecule has 0 saturated carbocycles. The Balaban J connectivity index is 1.79. The summed E-state index contributed by atoms with van der Waals surface area (Å²) < 4.78 is 29.0. The molecule has 2 amide bonds. The second-order valence-corrected chi connectivity index (χ2v) is 13.5. The van der Waals surface area contributed by atoms with Gasteiger partial charge < -0.3 is 10.2 Å². The maximum Gasteiger partial charge on any atom is 0.264 e. The van der Waals surface area contributed by atoms with Crippen LogP contribution < -0.4 is 9.62 Å². The molecule has 0 bridgehead atoms. The van der Waals surface area contributed by atoms with Crippen LogP contribution in [0.3, 0.4) is 0 Å². The number of para-hydroxylation sites is 1. The summed E-state index contributed by atoms with van der Waals surface area (Å²) in [7, 11) is -4.11. The Morgan fingerprint density at radius 1 is 0.744 bits per heavy atom. The molecule has 1 atom stereocenters. The van der Waals surface area contributed by atoms with Crippen LogP contribution in [0.2, 0.25) is 0 Å². The van der Waals surface area contributed by atoms with Crippen LogP contribution in [-0.4, -0.2) is 43.3 Å². The van der Waals surface area contributed by atoms with E-state index in [2.05, 4.69) is 5.32 Å². The minimum Gasteiger partial charge on any atom is -0.350 e. The quantitative estimate of drug-likeness (QED) is 0.239. The first-order chi connectivity index (χ1) is 20.4. The molecule has 0 fully saturated rings. The van der Waals surface area contributed by atoms with E-state index < -0.39 is 34.1 Å². The van der Waals surface area contributed by atoms with Crippen molar-refractivity contribution >= 4 is 27.5 Å². The van der Waals surface area contributed by atoms with Gasteiger partial charge in [0.15, 0.2) is 0 Å². The molecular weight excluding hydrogens is 558 g/mol. The fourth-order valence-electron chi connectivity index (χ4n) is 4.74. The molecule has 4 aromatic rings. The van der Waals surface area contributed by atoms with E-state index in [9.17, 15) is 18.0 Å². The fraction of sp³-hybridized carbons (Fsp3) is 0.257. The lowest BCUT2D eigenvalue weighted by Crippen LogP contribution is -2.56. The number of nitrogens with one attached hydrogen (secondary N) is 1. The molecule has 7 nitrogen and oxygen atoms in total. The number of hydrogen-bond acceptors (Lipinski definition) is 4. The molecule has 0 heterocycles. The van der Waals surface area contributed by atoms with Crippen LogP contribution in [0.4, 0.5) is 5.69 Å². The maximum atomic E-state index is 14.4. The summed E-state index contributed by atoms with van der Waals surface area (Å²) in [5, 5.41) is 3.05. The van der Waals surface area contributed by atoms with Crippen molar-refractivity contribution in [3.05, 3.63) is 132 Å². The first kappa shape index (κ1) is 31.5. The van der Waals surface area contributed by atoms with Crippen molar-refractivity contribution in [3.8, 4) is 0 Å². The Labute approximate surface area is 255 Å². The van der Waals surface area contributed by atoms with Gasteiger partial charge >= 0.3 is 0 Å². The predicted octanol–water partition coefficient (Wildman–Crippen LogP) is 5.75. The first-order valence-corrected chi connectivity index (χ1v) is 15.7. The molecule has 0 aliphatic heterocycles. The number of carbonyl (C=O) groups is 2. The smallest absolute Gasteiger partial charge is 0.264 e. The average Bonchev–Trinajstić information content (AvgIpc) is 2.99. The van der Waals surface area contributed by atoms with Gasteiger partial charge in [-0.2, -0.15) is 0 Å². The maximum absolute atomic E-state index is 14.4. The highest BCUT2D eigenvalue weighted by Gasteiger charge is 2.35. The highest BCUT2D eigenvalue weighted by molar-refractivity contribution is 7.92. The lowest BCUT2D eigenvalue weighted by molar-refractivity contribution is -0.140. The molecule has 4 rings (SSSR count). The minimum absolute atomic E-state index is 0.0723. The van der Waals surface area contributed by atoms with E-state index in [0.717, 1.165) is 21.0 Å². The van der Waals surface area contributed by atoms with Gasteiger partial charge in [-0.25, -0.2) is 8.42 Å². The Hall–Kier alpha value is -4.43. The van der Waals surface area contributed by atoms with Gasteiger partial charge in [0.05, 0.1) is 10.6 Å². The van der Waals surface area contributed by atoms with E-state index in [4.69, 9.17) is 0 Å². The van der Waals surface area contributed by atoms with Crippen LogP contribution in [0.25, 0.3) is 0 Å². The van der Waals surface area contributed by atoms with E-state index in [1.807, 2.05) is 82.3 Å². The number of benzene rings is 4. The molecule has 0 aromatic heterocycles. The molecule has 0 aliphatic rings. The third kappa shape index (κ3) is 8.55. The third-order valence-corrected chi connectivity index (χ3v) is 8.69. The molecule has 8 heteroatoms. The topological polar surface area (TPSA) is 86.8 Å². The molecule has 0 aliphatic carbocycles. The molecule has 1 N–H and O–H groups in total. The van der Waals surface area contributed by atoms with Crippen LogP contribution >= 0.6 is 0 Å². The van der Waals surface area contributed by atoms with Crippen LogP contribution in [0.1, 0.15) is 37.5 Å². The largest absolute Gasteiger partial charge is 0.350 e. The number of hydrogen-bond donors (Lipinski definition) is 1. The SMILES string of the molecule is Cc1ccc(CN(C(=O)CN(c2ccccc2)S(=O)(=O)c2ccccc2)[C@@H](Cc2ccccc2)C(=O)NC(C)(C)C)cc1. The van der Waals surface area contributed by atoms with Gasteiger partial charge in [0, 0.05) is 18.5 Å². The van der Waals surface area contributed by atoms with E-state index in [0.29, 0.717) is 5.69 Å². The molecule has 224 valence electrons. The lowest BCUT2D eigenvalue weighted by Gasteiger charge is -2.35. The summed E-state index contributed by atoms with van der Waals surface area (Å²) in [4.78, 5) is 29.9. The number of rotatable bonds is 11. The van der Waals surface area contributed by atoms with E-state index in [-0.39, 0.29) is 23.8 Å². The van der Waals surface area contributed by atoms with Gasteiger partial charge in [0.2, 0.25) is 11.8 Å². The summed E-state index contributed by atoms with van der Waals surface area (Å²) in [6.07, 6.45) is 0.261. The van der Waals surface area contributed by atoms with Gasteiger partial charge in [-0.3, -0.25) is 13.9 Å². The van der Waals surface area contributed by atoms with Crippen molar-refractivity contribution < 1.29 is 18.0 Å². The van der Waals surface area contributed by atoms with E-state index in [1.165, 1.54) is 17.0 Å². The van der Waals surface area contributed by atoms with Gasteiger partial charge in [-0.05, 0) is 63.1 Å². The molecule has 43 heavy (non-hydrogen) atoms. The Morgan fingerprint density at radius 3 is 1.84 bits per heavy atom. The summed E-state index contributed by atoms with van der Waals surface area (Å²) in [6.45, 7) is 7.29. The van der Waals surface area contributed by atoms with Crippen molar-refractivity contribution in [2.45, 2.75) is 57.1 Å². The second kappa shape index (κ2) is 13.7. The minimum atomic E-state index is -4.11. The van der Waals surface area contributed by atoms with Gasteiger partial charge in [-0.1, -0.05) is 96.6 Å². The number of nitrogens with zero attached hydrogens (tertiary/aromatic N) is 2. The van der Waals surface area contributed by atoms with Gasteiger partial charge in [0.25, 0.3) is 10.0 Å². The molecule has 0 saturated heterocycles. The standard InChI is InChI=1S/C35H39N3O4S/c1-27-20-22-29(23-21-27)25-37(32(34(40)36-35(2,3)4)24-28-14-8-5-9-15-28)33(39)26-38(30-16-10-6-11-17-30)43(41,42)31-18-12-7-13-19-31/h5-23,32H,24-26H2,1-4H3,(H,36,40)/t32-/m0/s1. The highest BCUT2D eigenvalue weighted by Crippen LogP contribution is 2.25. The third-order valence-electron chi connectivity index (χ3n) is 6.90. The highest BCUT2D eigenvalue weighted by atomic mass is 32.2. The van der Waals surface area contributed by atoms with Crippen LogP contribution in [-0.2, 0) is 32.6 Å². The summed E-state index contributed by atoms with van der Waals surface area (Å²) in [6, 6.07) is 33.0. The summed E-state index contributed by atoms with van der Waals surface area (Å²) in [5.74, 6) is -0.803. The summed E-state index contributed by atoms with van der Waals surface area (Å²) in [5.41, 5.74) is 2.59. The lowest BCUT2D eigenvalue weighted by atomic mass is 10.0. The molecule has 0 radical (unpaired) electrons. The summed E-state index contributed by atoms with van der Waals surface area (Å²) >= 11 is 0. The predicted molar refractivity (Wildman–Crippen MR) is 171 cm³/mol. The van der Waals surface area contributed by atoms with Gasteiger partial charge in [-0.15, -0.1) is 0 Å². The monoisotopic (exact) mass is 597 g/mol. The Morgan fingerprint density at radius 2 is 1.28 bits per heavy atom. The normalized spacial score (nSPS) is 12.3. The van der Waals surface area contributed by atoms with Crippen molar-refractivity contribution in [2.75, 3.05) is 10.8 Å². The zero-order chi connectivity index (χ0) is 31.0. The molecule has 0 unspecified atom stereocenters. The Bertz CT molecular complexity index is 1600. The van der Waals surface area contributed by atoms with Crippen molar-refractivity contribution in [1.29, 1.82) is 0 Å². The Kier molecular flexibility index (Phi) is 10.0. The number of amides is 2. The van der Waals surface area contributed by atoms with E-state index in [1.54, 1.807) is 48.5 Å². The average molecular weight is 598 g/mol. The van der Waals surface area contributed by atoms with Gasteiger partial charge in [0.1, 0.15) is 12.6 Å². The number of anilines is 1. The second-order valence-electron chi connectivity index (χ2n) is 11.6. The number of carbonyl (C=O) groups excluding carboxylic acids is 2. The number of sulfonamides is 1. The molecular formula is C35H39N3O4S.